The van der Waals surface area contributed by atoms with Gasteiger partial charge in [-0.3, -0.25) is 19.8 Å². The fraction of sp³-hybridized carbons (Fsp3) is 0.533. The van der Waals surface area contributed by atoms with Crippen molar-refractivity contribution < 1.29 is 14.4 Å². The highest BCUT2D eigenvalue weighted by Crippen LogP contribution is 2.37. The molecule has 2 aliphatic rings. The van der Waals surface area contributed by atoms with Crippen molar-refractivity contribution in [3.63, 3.8) is 0 Å². The van der Waals surface area contributed by atoms with Crippen LogP contribution < -0.4 is 5.43 Å². The molecule has 1 aromatic rings. The van der Waals surface area contributed by atoms with Crippen LogP contribution in [0, 0.1) is 25.7 Å². The molecule has 0 radical (unpaired) electrons. The van der Waals surface area contributed by atoms with E-state index in [0.717, 1.165) is 41.1 Å². The van der Waals surface area contributed by atoms with Crippen LogP contribution >= 0.6 is 11.3 Å². The summed E-state index contributed by atoms with van der Waals surface area (Å²) in [4.78, 5) is 37.9. The topological polar surface area (TPSA) is 66.5 Å². The molecule has 1 aromatic heterocycles. The number of hydrogen-bond donors (Lipinski definition) is 1. The summed E-state index contributed by atoms with van der Waals surface area (Å²) >= 11 is 1.49. The van der Waals surface area contributed by atoms with Crippen molar-refractivity contribution in [2.45, 2.75) is 39.5 Å². The summed E-state index contributed by atoms with van der Waals surface area (Å²) in [7, 11) is 0. The second-order valence-electron chi connectivity index (χ2n) is 5.78. The van der Waals surface area contributed by atoms with E-state index in [4.69, 9.17) is 0 Å². The summed E-state index contributed by atoms with van der Waals surface area (Å²) in [6.07, 6.45) is 3.45. The average molecular weight is 306 g/mol. The molecular weight excluding hydrogens is 288 g/mol. The number of amides is 3. The predicted octanol–water partition coefficient (Wildman–Crippen LogP) is 2.18. The molecule has 2 fully saturated rings. The molecule has 1 saturated carbocycles. The lowest BCUT2D eigenvalue weighted by Crippen LogP contribution is -2.46. The van der Waals surface area contributed by atoms with E-state index in [-0.39, 0.29) is 29.6 Å². The first kappa shape index (κ1) is 14.3. The van der Waals surface area contributed by atoms with E-state index in [1.807, 2.05) is 13.8 Å². The third-order valence-electron chi connectivity index (χ3n) is 4.58. The number of nitrogens with one attached hydrogen (secondary N) is 1. The number of rotatable bonds is 2. The Morgan fingerprint density at radius 3 is 2.24 bits per heavy atom. The number of thiophene rings is 1. The van der Waals surface area contributed by atoms with Gasteiger partial charge in [0.1, 0.15) is 0 Å². The minimum atomic E-state index is -0.378. The van der Waals surface area contributed by atoms with Gasteiger partial charge in [0, 0.05) is 10.3 Å². The number of carbonyl (C=O) groups is 3. The Labute approximate surface area is 127 Å². The largest absolute Gasteiger partial charge is 0.272 e. The van der Waals surface area contributed by atoms with Crippen molar-refractivity contribution in [3.8, 4) is 0 Å². The third kappa shape index (κ3) is 2.27. The normalized spacial score (nSPS) is 25.1. The number of hydrazine groups is 1. The van der Waals surface area contributed by atoms with Crippen LogP contribution in [0.1, 0.15) is 46.5 Å². The van der Waals surface area contributed by atoms with E-state index in [9.17, 15) is 14.4 Å². The van der Waals surface area contributed by atoms with Crippen LogP contribution in [0.4, 0.5) is 0 Å². The zero-order valence-corrected chi connectivity index (χ0v) is 13.0. The minimum absolute atomic E-state index is 0.239. The Morgan fingerprint density at radius 1 is 1.19 bits per heavy atom. The number of fused-ring (bicyclic) bond motifs is 1. The quantitative estimate of drug-likeness (QED) is 0.852. The van der Waals surface area contributed by atoms with Gasteiger partial charge in [0.15, 0.2) is 0 Å². The van der Waals surface area contributed by atoms with Gasteiger partial charge in [-0.05, 0) is 32.3 Å². The van der Waals surface area contributed by atoms with Crippen LogP contribution in [0.2, 0.25) is 0 Å². The molecule has 6 heteroatoms. The molecule has 21 heavy (non-hydrogen) atoms. The maximum absolute atomic E-state index is 12.3. The zero-order chi connectivity index (χ0) is 15.1. The van der Waals surface area contributed by atoms with Crippen molar-refractivity contribution in [1.82, 2.24) is 10.4 Å². The van der Waals surface area contributed by atoms with E-state index in [0.29, 0.717) is 5.56 Å². The van der Waals surface area contributed by atoms with E-state index in [1.54, 1.807) is 5.38 Å². The van der Waals surface area contributed by atoms with Crippen LogP contribution in [0.25, 0.3) is 0 Å². The number of carbonyl (C=O) groups excluding carboxylic acids is 3. The molecule has 1 N–H and O–H groups in total. The van der Waals surface area contributed by atoms with Crippen LogP contribution in [0.3, 0.4) is 0 Å². The molecular formula is C15H18N2O3S. The van der Waals surface area contributed by atoms with Gasteiger partial charge in [0.25, 0.3) is 17.7 Å². The number of imide groups is 1. The molecule has 112 valence electrons. The Morgan fingerprint density at radius 2 is 1.76 bits per heavy atom. The fourth-order valence-electron chi connectivity index (χ4n) is 3.17. The maximum atomic E-state index is 12.3. The molecule has 2 atom stereocenters. The molecule has 1 saturated heterocycles. The fourth-order valence-corrected chi connectivity index (χ4v) is 4.04. The first-order valence-corrected chi connectivity index (χ1v) is 8.12. The Balaban J connectivity index is 1.78. The van der Waals surface area contributed by atoms with E-state index >= 15 is 0 Å². The van der Waals surface area contributed by atoms with Gasteiger partial charge < -0.3 is 0 Å². The molecule has 2 unspecified atom stereocenters. The first-order chi connectivity index (χ1) is 10.0. The SMILES string of the molecule is Cc1scc(C(=O)NN2C(=O)C3CCCCC3C2=O)c1C. The summed E-state index contributed by atoms with van der Waals surface area (Å²) in [6.45, 7) is 3.81. The zero-order valence-electron chi connectivity index (χ0n) is 12.1. The van der Waals surface area contributed by atoms with Crippen molar-refractivity contribution in [2.75, 3.05) is 0 Å². The molecule has 0 bridgehead atoms. The minimum Gasteiger partial charge on any atom is -0.272 e. The van der Waals surface area contributed by atoms with E-state index in [2.05, 4.69) is 5.43 Å². The molecule has 2 heterocycles. The Kier molecular flexibility index (Phi) is 3.57. The number of nitrogens with zero attached hydrogens (tertiary/aromatic N) is 1. The first-order valence-electron chi connectivity index (χ1n) is 7.24. The summed E-state index contributed by atoms with van der Waals surface area (Å²) in [5.41, 5.74) is 3.94. The van der Waals surface area contributed by atoms with Gasteiger partial charge in [-0.2, -0.15) is 5.01 Å². The van der Waals surface area contributed by atoms with Crippen LogP contribution in [-0.2, 0) is 9.59 Å². The van der Waals surface area contributed by atoms with Gasteiger partial charge in [0.2, 0.25) is 0 Å². The Hall–Kier alpha value is -1.69. The Bertz CT molecular complexity index is 598. The monoisotopic (exact) mass is 306 g/mol. The summed E-state index contributed by atoms with van der Waals surface area (Å²) in [6, 6.07) is 0. The lowest BCUT2D eigenvalue weighted by Gasteiger charge is -2.19. The molecule has 1 aliphatic heterocycles. The van der Waals surface area contributed by atoms with Gasteiger partial charge in [-0.15, -0.1) is 11.3 Å². The number of aryl methyl sites for hydroxylation is 1. The smallest absolute Gasteiger partial charge is 0.271 e. The van der Waals surface area contributed by atoms with Crippen LogP contribution in [-0.4, -0.2) is 22.7 Å². The number of hydrogen-bond acceptors (Lipinski definition) is 4. The highest BCUT2D eigenvalue weighted by atomic mass is 32.1. The van der Waals surface area contributed by atoms with Crippen molar-refractivity contribution >= 4 is 29.1 Å². The summed E-state index contributed by atoms with van der Waals surface area (Å²) in [5, 5.41) is 2.72. The molecule has 5 nitrogen and oxygen atoms in total. The van der Waals surface area contributed by atoms with Gasteiger partial charge >= 0.3 is 0 Å². The summed E-state index contributed by atoms with van der Waals surface area (Å²) in [5.74, 6) is -1.35. The van der Waals surface area contributed by atoms with Gasteiger partial charge in [-0.25, -0.2) is 0 Å². The lowest BCUT2D eigenvalue weighted by molar-refractivity contribution is -0.142. The maximum Gasteiger partial charge on any atom is 0.271 e. The van der Waals surface area contributed by atoms with E-state index < -0.39 is 0 Å². The van der Waals surface area contributed by atoms with Gasteiger partial charge in [-0.1, -0.05) is 12.8 Å². The van der Waals surface area contributed by atoms with E-state index in [1.165, 1.54) is 11.3 Å². The standard InChI is InChI=1S/C15H18N2O3S/c1-8-9(2)21-7-12(8)13(18)16-17-14(19)10-5-3-4-6-11(10)15(17)20/h7,10-11H,3-6H2,1-2H3,(H,16,18). The van der Waals surface area contributed by atoms with Crippen LogP contribution in [0.5, 0.6) is 0 Å². The third-order valence-corrected chi connectivity index (χ3v) is 5.60. The van der Waals surface area contributed by atoms with Crippen molar-refractivity contribution in [1.29, 1.82) is 0 Å². The van der Waals surface area contributed by atoms with Crippen molar-refractivity contribution in [2.24, 2.45) is 11.8 Å². The molecule has 3 amide bonds. The second kappa shape index (κ2) is 5.26. The molecule has 3 rings (SSSR count). The molecule has 1 aliphatic carbocycles. The lowest BCUT2D eigenvalue weighted by atomic mass is 9.81. The van der Waals surface area contributed by atoms with Crippen LogP contribution in [0.15, 0.2) is 5.38 Å². The summed E-state index contributed by atoms with van der Waals surface area (Å²) < 4.78 is 0. The highest BCUT2D eigenvalue weighted by molar-refractivity contribution is 7.10. The van der Waals surface area contributed by atoms with Crippen molar-refractivity contribution in [3.05, 3.63) is 21.4 Å². The van der Waals surface area contributed by atoms with Gasteiger partial charge in [0.05, 0.1) is 17.4 Å². The second-order valence-corrected chi connectivity index (χ2v) is 6.86. The molecule has 0 spiro atoms. The average Bonchev–Trinajstić information content (AvgIpc) is 2.93. The highest BCUT2D eigenvalue weighted by Gasteiger charge is 2.49. The predicted molar refractivity (Wildman–Crippen MR) is 78.6 cm³/mol. The molecule has 0 aromatic carbocycles.